The summed E-state index contributed by atoms with van der Waals surface area (Å²) < 4.78 is 0. The molecule has 4 nitrogen and oxygen atoms in total. The third-order valence-corrected chi connectivity index (χ3v) is 8.33. The van der Waals surface area contributed by atoms with Gasteiger partial charge in [0.25, 0.3) is 0 Å². The Morgan fingerprint density at radius 3 is 1.56 bits per heavy atom. The molecule has 0 aromatic heterocycles. The highest BCUT2D eigenvalue weighted by atomic mass is 35.5. The van der Waals surface area contributed by atoms with Crippen molar-refractivity contribution in [2.45, 2.75) is 51.4 Å². The number of hydrogen-bond donors (Lipinski definition) is 2. The summed E-state index contributed by atoms with van der Waals surface area (Å²) in [5.74, 6) is 1.27. The Balaban J connectivity index is 1.29. The fourth-order valence-corrected chi connectivity index (χ4v) is 7.62. The molecule has 0 heterocycles. The third-order valence-electron chi connectivity index (χ3n) is 7.67. The van der Waals surface area contributed by atoms with Gasteiger partial charge in [0.15, 0.2) is 0 Å². The van der Waals surface area contributed by atoms with Gasteiger partial charge in [0.2, 0.25) is 11.8 Å². The van der Waals surface area contributed by atoms with Crippen LogP contribution in [0.4, 0.5) is 11.4 Å². The van der Waals surface area contributed by atoms with Crippen LogP contribution in [0.3, 0.4) is 0 Å². The number of amides is 2. The van der Waals surface area contributed by atoms with Crippen molar-refractivity contribution in [2.75, 3.05) is 10.6 Å². The molecule has 4 aliphatic carbocycles. The SMILES string of the molecule is O=C(CC12CC3CC(C1)CC(CC(=O)Nc1ccccc1Cl)(C3)C2)Nc1ccccc1Cl. The molecule has 0 saturated heterocycles. The van der Waals surface area contributed by atoms with E-state index in [1.165, 1.54) is 6.42 Å². The second-order valence-corrected chi connectivity index (χ2v) is 11.2. The summed E-state index contributed by atoms with van der Waals surface area (Å²) >= 11 is 12.5. The van der Waals surface area contributed by atoms with Crippen LogP contribution in [0.1, 0.15) is 51.4 Å². The van der Waals surface area contributed by atoms with Gasteiger partial charge in [-0.25, -0.2) is 0 Å². The van der Waals surface area contributed by atoms with Gasteiger partial charge >= 0.3 is 0 Å². The lowest BCUT2D eigenvalue weighted by Gasteiger charge is -2.62. The van der Waals surface area contributed by atoms with E-state index in [0.29, 0.717) is 46.1 Å². The number of benzene rings is 2. The van der Waals surface area contributed by atoms with Crippen molar-refractivity contribution < 1.29 is 9.59 Å². The van der Waals surface area contributed by atoms with Gasteiger partial charge in [-0.05, 0) is 85.5 Å². The second kappa shape index (κ2) is 8.39. The normalized spacial score (nSPS) is 30.2. The van der Waals surface area contributed by atoms with E-state index < -0.39 is 0 Å². The predicted octanol–water partition coefficient (Wildman–Crippen LogP) is 6.94. The Bertz CT molecular complexity index is 960. The first-order valence-corrected chi connectivity index (χ1v) is 12.2. The summed E-state index contributed by atoms with van der Waals surface area (Å²) in [4.78, 5) is 26.0. The highest BCUT2D eigenvalue weighted by molar-refractivity contribution is 6.34. The summed E-state index contributed by atoms with van der Waals surface area (Å²) in [6, 6.07) is 14.7. The Kier molecular flexibility index (Phi) is 5.71. The van der Waals surface area contributed by atoms with E-state index in [4.69, 9.17) is 23.2 Å². The molecule has 2 aromatic rings. The fraction of sp³-hybridized carbons (Fsp3) is 0.462. The van der Waals surface area contributed by atoms with Crippen LogP contribution in [-0.2, 0) is 9.59 Å². The van der Waals surface area contributed by atoms with Gasteiger partial charge in [-0.3, -0.25) is 9.59 Å². The van der Waals surface area contributed by atoms with E-state index in [9.17, 15) is 9.59 Å². The molecule has 4 saturated carbocycles. The minimum atomic E-state index is -0.0138. The number of halogens is 2. The van der Waals surface area contributed by atoms with Crippen molar-refractivity contribution >= 4 is 46.4 Å². The van der Waals surface area contributed by atoms with Crippen molar-refractivity contribution in [1.29, 1.82) is 0 Å². The lowest BCUT2D eigenvalue weighted by molar-refractivity contribution is -0.142. The van der Waals surface area contributed by atoms with Crippen LogP contribution in [0.25, 0.3) is 0 Å². The average molecular weight is 471 g/mol. The molecular weight excluding hydrogens is 443 g/mol. The fourth-order valence-electron chi connectivity index (χ4n) is 7.26. The maximum Gasteiger partial charge on any atom is 0.224 e. The highest BCUT2D eigenvalue weighted by Crippen LogP contribution is 2.67. The van der Waals surface area contributed by atoms with Crippen molar-refractivity contribution in [2.24, 2.45) is 22.7 Å². The Labute approximate surface area is 199 Å². The Morgan fingerprint density at radius 2 is 1.16 bits per heavy atom. The monoisotopic (exact) mass is 470 g/mol. The number of hydrogen-bond acceptors (Lipinski definition) is 2. The zero-order chi connectivity index (χ0) is 22.3. The number of carbonyl (C=O) groups is 2. The molecule has 4 bridgehead atoms. The number of anilines is 2. The van der Waals surface area contributed by atoms with E-state index in [0.717, 1.165) is 32.1 Å². The van der Waals surface area contributed by atoms with Crippen LogP contribution in [0, 0.1) is 22.7 Å². The third kappa shape index (κ3) is 4.40. The lowest BCUT2D eigenvalue weighted by atomic mass is 9.43. The molecule has 2 aromatic carbocycles. The topological polar surface area (TPSA) is 58.2 Å². The molecule has 0 unspecified atom stereocenters. The summed E-state index contributed by atoms with van der Waals surface area (Å²) in [5.41, 5.74) is 1.30. The molecule has 4 fully saturated rings. The molecular formula is C26H28Cl2N2O2. The lowest BCUT2D eigenvalue weighted by Crippen LogP contribution is -2.53. The second-order valence-electron chi connectivity index (χ2n) is 10.4. The number of nitrogens with one attached hydrogen (secondary N) is 2. The smallest absolute Gasteiger partial charge is 0.224 e. The average Bonchev–Trinajstić information content (AvgIpc) is 2.69. The van der Waals surface area contributed by atoms with E-state index in [2.05, 4.69) is 10.6 Å². The molecule has 0 radical (unpaired) electrons. The van der Waals surface area contributed by atoms with Crippen molar-refractivity contribution in [3.63, 3.8) is 0 Å². The summed E-state index contributed by atoms with van der Waals surface area (Å²) in [5, 5.41) is 7.13. The first-order chi connectivity index (χ1) is 15.3. The number of rotatable bonds is 6. The van der Waals surface area contributed by atoms with Gasteiger partial charge in [-0.1, -0.05) is 47.5 Å². The van der Waals surface area contributed by atoms with Gasteiger partial charge in [-0.15, -0.1) is 0 Å². The summed E-state index contributed by atoms with van der Waals surface area (Å²) in [6.45, 7) is 0. The zero-order valence-electron chi connectivity index (χ0n) is 18.0. The maximum atomic E-state index is 13.0. The minimum absolute atomic E-state index is 0.0138. The van der Waals surface area contributed by atoms with Crippen molar-refractivity contribution in [3.8, 4) is 0 Å². The van der Waals surface area contributed by atoms with Crippen molar-refractivity contribution in [1.82, 2.24) is 0 Å². The molecule has 168 valence electrons. The maximum absolute atomic E-state index is 13.0. The minimum Gasteiger partial charge on any atom is -0.325 e. The molecule has 0 aliphatic heterocycles. The molecule has 2 N–H and O–H groups in total. The highest BCUT2D eigenvalue weighted by Gasteiger charge is 2.58. The number of carbonyl (C=O) groups excluding carboxylic acids is 2. The van der Waals surface area contributed by atoms with E-state index in [1.807, 2.05) is 36.4 Å². The molecule has 0 spiro atoms. The first kappa shape index (κ1) is 21.8. The van der Waals surface area contributed by atoms with Gasteiger partial charge in [0.1, 0.15) is 0 Å². The van der Waals surface area contributed by atoms with Gasteiger partial charge in [0, 0.05) is 12.8 Å². The van der Waals surface area contributed by atoms with Crippen LogP contribution < -0.4 is 10.6 Å². The molecule has 2 amide bonds. The largest absolute Gasteiger partial charge is 0.325 e. The molecule has 6 rings (SSSR count). The Morgan fingerprint density at radius 1 is 0.750 bits per heavy atom. The first-order valence-electron chi connectivity index (χ1n) is 11.4. The van der Waals surface area contributed by atoms with Crippen LogP contribution >= 0.6 is 23.2 Å². The quantitative estimate of drug-likeness (QED) is 0.480. The molecule has 6 heteroatoms. The zero-order valence-corrected chi connectivity index (χ0v) is 19.5. The van der Waals surface area contributed by atoms with Gasteiger partial charge in [-0.2, -0.15) is 0 Å². The molecule has 4 aliphatic rings. The van der Waals surface area contributed by atoms with E-state index in [1.54, 1.807) is 12.1 Å². The van der Waals surface area contributed by atoms with Crippen LogP contribution in [0.5, 0.6) is 0 Å². The Hall–Kier alpha value is -2.04. The molecule has 0 atom stereocenters. The van der Waals surface area contributed by atoms with Gasteiger partial charge in [0.05, 0.1) is 21.4 Å². The standard InChI is InChI=1S/C26H28Cl2N2O2/c27-19-5-1-3-7-21(19)29-23(31)14-25-10-17-9-18(11-25)13-26(12-17,16-25)15-24(32)30-22-8-4-2-6-20(22)28/h1-8,17-18H,9-16H2,(H,29,31)(H,30,32). The van der Waals surface area contributed by atoms with Crippen LogP contribution in [-0.4, -0.2) is 11.8 Å². The van der Waals surface area contributed by atoms with Gasteiger partial charge < -0.3 is 10.6 Å². The van der Waals surface area contributed by atoms with E-state index >= 15 is 0 Å². The predicted molar refractivity (Wildman–Crippen MR) is 129 cm³/mol. The van der Waals surface area contributed by atoms with Crippen LogP contribution in [0.15, 0.2) is 48.5 Å². The van der Waals surface area contributed by atoms with E-state index in [-0.39, 0.29) is 22.6 Å². The van der Waals surface area contributed by atoms with Crippen molar-refractivity contribution in [3.05, 3.63) is 58.6 Å². The summed E-state index contributed by atoms with van der Waals surface area (Å²) in [7, 11) is 0. The molecule has 32 heavy (non-hydrogen) atoms. The van der Waals surface area contributed by atoms with Crippen LogP contribution in [0.2, 0.25) is 10.0 Å². The summed E-state index contributed by atoms with van der Waals surface area (Å²) in [6.07, 6.45) is 7.54. The number of para-hydroxylation sites is 2.